The average molecular weight is 389 g/mol. The minimum atomic E-state index is -1.60. The van der Waals surface area contributed by atoms with E-state index in [4.69, 9.17) is 14.2 Å². The zero-order valence-electron chi connectivity index (χ0n) is 15.0. The molecule has 8 nitrogen and oxygen atoms in total. The third-order valence-corrected chi connectivity index (χ3v) is 5.08. The number of esters is 2. The van der Waals surface area contributed by atoms with E-state index in [0.29, 0.717) is 0 Å². The van der Waals surface area contributed by atoms with E-state index in [2.05, 4.69) is 0 Å². The monoisotopic (exact) mass is 389 g/mol. The van der Waals surface area contributed by atoms with Crippen LogP contribution >= 0.6 is 0 Å². The van der Waals surface area contributed by atoms with Crippen LogP contribution in [0.1, 0.15) is 13.8 Å². The molecular weight excluding hydrogens is 373 g/mol. The zero-order valence-corrected chi connectivity index (χ0v) is 15.0. The summed E-state index contributed by atoms with van der Waals surface area (Å²) in [6.07, 6.45) is 0.819. The predicted octanol–water partition coefficient (Wildman–Crippen LogP) is 1.09. The molecule has 0 N–H and O–H groups in total. The largest absolute Gasteiger partial charge is 0.422 e. The number of carbonyl (C=O) groups excluding carboxylic acids is 4. The van der Waals surface area contributed by atoms with E-state index in [1.54, 1.807) is 6.08 Å². The van der Waals surface area contributed by atoms with Gasteiger partial charge in [-0.15, -0.1) is 0 Å². The summed E-state index contributed by atoms with van der Waals surface area (Å²) in [5.41, 5.74) is -1.38. The number of nitrogens with zero attached hydrogens (tertiary/aromatic N) is 1. The number of halogens is 1. The van der Waals surface area contributed by atoms with Crippen molar-refractivity contribution in [3.05, 3.63) is 42.2 Å². The van der Waals surface area contributed by atoms with E-state index < -0.39 is 59.4 Å². The summed E-state index contributed by atoms with van der Waals surface area (Å²) in [7, 11) is 0. The Morgan fingerprint density at radius 2 is 1.71 bits per heavy atom. The van der Waals surface area contributed by atoms with Crippen LogP contribution in [-0.2, 0) is 33.4 Å². The summed E-state index contributed by atoms with van der Waals surface area (Å²) in [4.78, 5) is 50.2. The molecule has 3 aliphatic rings. The molecule has 0 unspecified atom stereocenters. The lowest BCUT2D eigenvalue weighted by molar-refractivity contribution is -0.226. The van der Waals surface area contributed by atoms with Crippen LogP contribution in [0.2, 0.25) is 0 Å². The van der Waals surface area contributed by atoms with Gasteiger partial charge in [-0.25, -0.2) is 9.29 Å². The van der Waals surface area contributed by atoms with Crippen LogP contribution in [0.4, 0.5) is 10.1 Å². The van der Waals surface area contributed by atoms with E-state index in [0.717, 1.165) is 30.9 Å². The second-order valence-corrected chi connectivity index (χ2v) is 6.84. The van der Waals surface area contributed by atoms with Gasteiger partial charge in [-0.2, -0.15) is 0 Å². The number of imide groups is 1. The third kappa shape index (κ3) is 2.54. The molecule has 9 heteroatoms. The van der Waals surface area contributed by atoms with E-state index in [-0.39, 0.29) is 5.69 Å². The Balaban J connectivity index is 1.74. The lowest BCUT2D eigenvalue weighted by atomic mass is 9.76. The first-order valence-corrected chi connectivity index (χ1v) is 8.59. The molecule has 3 aliphatic heterocycles. The molecule has 3 heterocycles. The highest BCUT2D eigenvalue weighted by atomic mass is 19.1. The fourth-order valence-electron chi connectivity index (χ4n) is 4.06. The minimum absolute atomic E-state index is 0.219. The van der Waals surface area contributed by atoms with Gasteiger partial charge in [0.15, 0.2) is 5.60 Å². The van der Waals surface area contributed by atoms with Gasteiger partial charge >= 0.3 is 11.9 Å². The molecule has 0 spiro atoms. The standard InChI is InChI=1S/C19H16FNO7/c1-9(22)26-18(27-10(2)23)19-8-7-13(28-19)14-15(19)17(25)21(16(14)24)12-5-3-11(20)4-6-12/h3-8,13-15,18H,1-2H3/t13-,14-,15+,19+/m1/s1. The molecule has 146 valence electrons. The van der Waals surface area contributed by atoms with E-state index in [1.807, 2.05) is 0 Å². The molecule has 1 aromatic rings. The van der Waals surface area contributed by atoms with Crippen LogP contribution in [0.5, 0.6) is 0 Å². The number of fused-ring (bicyclic) bond motifs is 5. The van der Waals surface area contributed by atoms with Crippen molar-refractivity contribution >= 4 is 29.4 Å². The molecule has 4 atom stereocenters. The molecule has 2 fully saturated rings. The highest BCUT2D eigenvalue weighted by molar-refractivity contribution is 6.23. The van der Waals surface area contributed by atoms with Gasteiger partial charge in [0.1, 0.15) is 5.82 Å². The number of hydrogen-bond donors (Lipinski definition) is 0. The maximum absolute atomic E-state index is 13.2. The van der Waals surface area contributed by atoms with Gasteiger partial charge in [0.2, 0.25) is 11.8 Å². The van der Waals surface area contributed by atoms with E-state index in [9.17, 15) is 23.6 Å². The Labute approximate surface area is 158 Å². The normalized spacial score (nSPS) is 30.1. The fraction of sp³-hybridized carbons (Fsp3) is 0.368. The topological polar surface area (TPSA) is 99.2 Å². The van der Waals surface area contributed by atoms with Crippen molar-refractivity contribution in [3.8, 4) is 0 Å². The molecule has 0 saturated carbocycles. The highest BCUT2D eigenvalue weighted by Crippen LogP contribution is 2.54. The van der Waals surface area contributed by atoms with Crippen molar-refractivity contribution < 1.29 is 37.8 Å². The van der Waals surface area contributed by atoms with Gasteiger partial charge in [0.25, 0.3) is 6.29 Å². The SMILES string of the molecule is CC(=O)OC(OC(C)=O)[C@@]12C=C[C@@H](O1)[C@H]1C(=O)N(c3ccc(F)cc3)C(=O)[C@H]12. The van der Waals surface area contributed by atoms with Crippen LogP contribution in [0.15, 0.2) is 36.4 Å². The van der Waals surface area contributed by atoms with Gasteiger partial charge in [0.05, 0.1) is 23.6 Å². The van der Waals surface area contributed by atoms with Gasteiger partial charge in [0, 0.05) is 13.8 Å². The molecule has 1 aromatic carbocycles. The van der Waals surface area contributed by atoms with Crippen LogP contribution in [0.3, 0.4) is 0 Å². The minimum Gasteiger partial charge on any atom is -0.422 e. The molecular formula is C19H16FNO7. The summed E-state index contributed by atoms with van der Waals surface area (Å²) in [5.74, 6) is -5.01. The van der Waals surface area contributed by atoms with Crippen molar-refractivity contribution in [2.45, 2.75) is 31.8 Å². The quantitative estimate of drug-likeness (QED) is 0.329. The molecule has 0 radical (unpaired) electrons. The Kier molecular flexibility index (Phi) is 4.07. The molecule has 0 aliphatic carbocycles. The Morgan fingerprint density at radius 3 is 2.29 bits per heavy atom. The zero-order chi connectivity index (χ0) is 20.2. The Hall–Kier alpha value is -3.07. The number of anilines is 1. The average Bonchev–Trinajstić information content (AvgIpc) is 3.26. The third-order valence-electron chi connectivity index (χ3n) is 5.08. The summed E-state index contributed by atoms with van der Waals surface area (Å²) >= 11 is 0. The molecule has 2 saturated heterocycles. The van der Waals surface area contributed by atoms with Crippen LogP contribution in [0.25, 0.3) is 0 Å². The fourth-order valence-corrected chi connectivity index (χ4v) is 4.06. The molecule has 28 heavy (non-hydrogen) atoms. The first kappa shape index (κ1) is 18.3. The summed E-state index contributed by atoms with van der Waals surface area (Å²) in [6, 6.07) is 4.93. The lowest BCUT2D eigenvalue weighted by Crippen LogP contribution is -2.52. The number of hydrogen-bond acceptors (Lipinski definition) is 7. The maximum atomic E-state index is 13.2. The van der Waals surface area contributed by atoms with E-state index >= 15 is 0 Å². The molecule has 2 amide bonds. The van der Waals surface area contributed by atoms with Crippen LogP contribution in [-0.4, -0.2) is 41.7 Å². The van der Waals surface area contributed by atoms with Crippen molar-refractivity contribution in [3.63, 3.8) is 0 Å². The van der Waals surface area contributed by atoms with Gasteiger partial charge in [-0.05, 0) is 30.3 Å². The second kappa shape index (κ2) is 6.23. The smallest absolute Gasteiger partial charge is 0.305 e. The molecule has 4 rings (SSSR count). The second-order valence-electron chi connectivity index (χ2n) is 6.84. The molecule has 0 aromatic heterocycles. The number of ether oxygens (including phenoxy) is 3. The summed E-state index contributed by atoms with van der Waals surface area (Å²) in [5, 5.41) is 0. The van der Waals surface area contributed by atoms with Gasteiger partial charge in [-0.1, -0.05) is 6.08 Å². The van der Waals surface area contributed by atoms with Crippen molar-refractivity contribution in [2.24, 2.45) is 11.8 Å². The van der Waals surface area contributed by atoms with E-state index in [1.165, 1.54) is 18.2 Å². The molecule has 2 bridgehead atoms. The lowest BCUT2D eigenvalue weighted by Gasteiger charge is -2.34. The number of rotatable bonds is 4. The van der Waals surface area contributed by atoms with Crippen LogP contribution in [0, 0.1) is 17.7 Å². The van der Waals surface area contributed by atoms with Crippen molar-refractivity contribution in [1.82, 2.24) is 0 Å². The number of benzene rings is 1. The van der Waals surface area contributed by atoms with Crippen LogP contribution < -0.4 is 4.90 Å². The van der Waals surface area contributed by atoms with Gasteiger partial charge in [-0.3, -0.25) is 19.2 Å². The number of amides is 2. The predicted molar refractivity (Wildman–Crippen MR) is 89.9 cm³/mol. The highest BCUT2D eigenvalue weighted by Gasteiger charge is 2.72. The van der Waals surface area contributed by atoms with Gasteiger partial charge < -0.3 is 14.2 Å². The first-order valence-electron chi connectivity index (χ1n) is 8.59. The first-order chi connectivity index (χ1) is 13.2. The Morgan fingerprint density at radius 1 is 1.11 bits per heavy atom. The number of carbonyl (C=O) groups is 4. The summed E-state index contributed by atoms with van der Waals surface area (Å²) in [6.45, 7) is 2.25. The Bertz CT molecular complexity index is 895. The van der Waals surface area contributed by atoms with Crippen molar-refractivity contribution in [2.75, 3.05) is 4.90 Å². The summed E-state index contributed by atoms with van der Waals surface area (Å²) < 4.78 is 29.3. The van der Waals surface area contributed by atoms with Crippen molar-refractivity contribution in [1.29, 1.82) is 0 Å². The maximum Gasteiger partial charge on any atom is 0.305 e.